The van der Waals surface area contributed by atoms with Gasteiger partial charge in [-0.3, -0.25) is 9.59 Å². The summed E-state index contributed by atoms with van der Waals surface area (Å²) in [6.07, 6.45) is 5.07. The SMILES string of the molecule is Cc1nc2sc(C(=O)OC(C)C(=O)NCC3CCCCC3)c(C)c2c(=O)[nH]1. The van der Waals surface area contributed by atoms with Crippen molar-refractivity contribution < 1.29 is 14.3 Å². The molecule has 0 saturated heterocycles. The van der Waals surface area contributed by atoms with Gasteiger partial charge in [-0.15, -0.1) is 11.3 Å². The third-order valence-corrected chi connectivity index (χ3v) is 6.21. The third-order valence-electron chi connectivity index (χ3n) is 5.05. The number of fused-ring (bicyclic) bond motifs is 1. The Bertz CT molecular complexity index is 912. The number of carbonyl (C=O) groups is 2. The maximum absolute atomic E-state index is 12.5. The van der Waals surface area contributed by atoms with E-state index in [1.807, 2.05) is 0 Å². The maximum atomic E-state index is 12.5. The molecular weight excluding hydrogens is 366 g/mol. The normalized spacial score (nSPS) is 16.3. The summed E-state index contributed by atoms with van der Waals surface area (Å²) in [5.41, 5.74) is 0.257. The lowest BCUT2D eigenvalue weighted by Crippen LogP contribution is -2.38. The van der Waals surface area contributed by atoms with Gasteiger partial charge >= 0.3 is 5.97 Å². The molecule has 27 heavy (non-hydrogen) atoms. The number of aromatic nitrogens is 2. The number of rotatable bonds is 5. The quantitative estimate of drug-likeness (QED) is 0.763. The van der Waals surface area contributed by atoms with Gasteiger partial charge < -0.3 is 15.0 Å². The van der Waals surface area contributed by atoms with Crippen molar-refractivity contribution >= 4 is 33.4 Å². The van der Waals surface area contributed by atoms with Gasteiger partial charge in [0.25, 0.3) is 11.5 Å². The van der Waals surface area contributed by atoms with Gasteiger partial charge in [-0.2, -0.15) is 0 Å². The van der Waals surface area contributed by atoms with E-state index in [0.717, 1.165) is 24.2 Å². The number of nitrogens with zero attached hydrogens (tertiary/aromatic N) is 1. The van der Waals surface area contributed by atoms with Crippen molar-refractivity contribution in [1.82, 2.24) is 15.3 Å². The van der Waals surface area contributed by atoms with E-state index in [9.17, 15) is 14.4 Å². The predicted octanol–water partition coefficient (Wildman–Crippen LogP) is 2.84. The second kappa shape index (κ2) is 8.21. The number of hydrogen-bond acceptors (Lipinski definition) is 6. The molecule has 1 unspecified atom stereocenters. The molecule has 0 aromatic carbocycles. The molecule has 1 amide bonds. The van der Waals surface area contributed by atoms with Crippen molar-refractivity contribution in [2.24, 2.45) is 5.92 Å². The summed E-state index contributed by atoms with van der Waals surface area (Å²) in [4.78, 5) is 44.6. The molecule has 2 heterocycles. The zero-order chi connectivity index (χ0) is 19.6. The fourth-order valence-corrected chi connectivity index (χ4v) is 4.60. The molecule has 1 fully saturated rings. The van der Waals surface area contributed by atoms with E-state index in [-0.39, 0.29) is 11.5 Å². The Morgan fingerprint density at radius 3 is 2.70 bits per heavy atom. The van der Waals surface area contributed by atoms with E-state index < -0.39 is 12.1 Å². The Morgan fingerprint density at radius 1 is 1.30 bits per heavy atom. The molecule has 0 bridgehead atoms. The molecule has 3 rings (SSSR count). The minimum absolute atomic E-state index is 0.274. The van der Waals surface area contributed by atoms with E-state index in [1.165, 1.54) is 19.3 Å². The number of aryl methyl sites for hydroxylation is 2. The van der Waals surface area contributed by atoms with Crippen LogP contribution in [0.25, 0.3) is 10.2 Å². The van der Waals surface area contributed by atoms with E-state index in [0.29, 0.717) is 38.9 Å². The lowest BCUT2D eigenvalue weighted by molar-refractivity contribution is -0.129. The van der Waals surface area contributed by atoms with Crippen molar-refractivity contribution in [3.63, 3.8) is 0 Å². The average molecular weight is 391 g/mol. The lowest BCUT2D eigenvalue weighted by Gasteiger charge is -2.22. The van der Waals surface area contributed by atoms with Crippen LogP contribution in [0.15, 0.2) is 4.79 Å². The Hall–Kier alpha value is -2.22. The molecule has 1 atom stereocenters. The van der Waals surface area contributed by atoms with Gasteiger partial charge in [-0.1, -0.05) is 19.3 Å². The smallest absolute Gasteiger partial charge is 0.349 e. The monoisotopic (exact) mass is 391 g/mol. The molecule has 7 nitrogen and oxygen atoms in total. The van der Waals surface area contributed by atoms with Gasteiger partial charge in [0, 0.05) is 6.54 Å². The van der Waals surface area contributed by atoms with Gasteiger partial charge in [0.2, 0.25) is 0 Å². The van der Waals surface area contributed by atoms with Crippen LogP contribution in [0.4, 0.5) is 0 Å². The number of H-pyrrole nitrogens is 1. The number of carbonyl (C=O) groups excluding carboxylic acids is 2. The van der Waals surface area contributed by atoms with Crippen molar-refractivity contribution in [3.8, 4) is 0 Å². The van der Waals surface area contributed by atoms with Crippen molar-refractivity contribution in [2.45, 2.75) is 59.0 Å². The summed E-state index contributed by atoms with van der Waals surface area (Å²) in [6.45, 7) is 5.56. The Kier molecular flexibility index (Phi) is 5.94. The Morgan fingerprint density at radius 2 is 2.00 bits per heavy atom. The lowest BCUT2D eigenvalue weighted by atomic mass is 9.89. The fraction of sp³-hybridized carbons (Fsp3) is 0.579. The first-order valence-corrected chi connectivity index (χ1v) is 10.2. The largest absolute Gasteiger partial charge is 0.448 e. The molecule has 1 aliphatic carbocycles. The number of hydrogen-bond donors (Lipinski definition) is 2. The first kappa shape index (κ1) is 19.5. The highest BCUT2D eigenvalue weighted by Crippen LogP contribution is 2.28. The Labute approximate surface area is 161 Å². The van der Waals surface area contributed by atoms with Crippen molar-refractivity contribution in [3.05, 3.63) is 26.6 Å². The molecule has 8 heteroatoms. The molecule has 1 aliphatic rings. The first-order chi connectivity index (χ1) is 12.9. The number of nitrogens with one attached hydrogen (secondary N) is 2. The molecule has 2 N–H and O–H groups in total. The van der Waals surface area contributed by atoms with E-state index >= 15 is 0 Å². The van der Waals surface area contributed by atoms with Crippen LogP contribution in [-0.4, -0.2) is 34.5 Å². The average Bonchev–Trinajstić information content (AvgIpc) is 2.97. The van der Waals surface area contributed by atoms with Gasteiger partial charge in [0.15, 0.2) is 6.10 Å². The minimum atomic E-state index is -0.890. The van der Waals surface area contributed by atoms with Crippen LogP contribution in [0.1, 0.15) is 60.1 Å². The van der Waals surface area contributed by atoms with Crippen molar-refractivity contribution in [1.29, 1.82) is 0 Å². The topological polar surface area (TPSA) is 101 Å². The number of esters is 1. The van der Waals surface area contributed by atoms with E-state index in [4.69, 9.17) is 4.74 Å². The number of amides is 1. The maximum Gasteiger partial charge on any atom is 0.349 e. The van der Waals surface area contributed by atoms with Crippen LogP contribution in [0.3, 0.4) is 0 Å². The van der Waals surface area contributed by atoms with Crippen LogP contribution in [0.2, 0.25) is 0 Å². The second-order valence-corrected chi connectivity index (χ2v) is 8.18. The van der Waals surface area contributed by atoms with Crippen LogP contribution in [0, 0.1) is 19.8 Å². The number of thiophene rings is 1. The zero-order valence-corrected chi connectivity index (χ0v) is 16.7. The van der Waals surface area contributed by atoms with Crippen LogP contribution in [0.5, 0.6) is 0 Å². The van der Waals surface area contributed by atoms with Crippen LogP contribution < -0.4 is 10.9 Å². The summed E-state index contributed by atoms with van der Waals surface area (Å²) in [5, 5.41) is 3.28. The summed E-state index contributed by atoms with van der Waals surface area (Å²) in [6, 6.07) is 0. The molecule has 1 saturated carbocycles. The Balaban J connectivity index is 1.65. The predicted molar refractivity (Wildman–Crippen MR) is 104 cm³/mol. The highest BCUT2D eigenvalue weighted by Gasteiger charge is 2.25. The van der Waals surface area contributed by atoms with Gasteiger partial charge in [0.05, 0.1) is 5.39 Å². The molecule has 2 aromatic rings. The fourth-order valence-electron chi connectivity index (χ4n) is 3.49. The third kappa shape index (κ3) is 4.37. The van der Waals surface area contributed by atoms with Crippen LogP contribution in [-0.2, 0) is 9.53 Å². The minimum Gasteiger partial charge on any atom is -0.448 e. The summed E-state index contributed by atoms with van der Waals surface area (Å²) in [7, 11) is 0. The highest BCUT2D eigenvalue weighted by atomic mass is 32.1. The van der Waals surface area contributed by atoms with E-state index in [1.54, 1.807) is 20.8 Å². The number of ether oxygens (including phenoxy) is 1. The molecule has 0 aliphatic heterocycles. The first-order valence-electron chi connectivity index (χ1n) is 9.35. The summed E-state index contributed by atoms with van der Waals surface area (Å²) < 4.78 is 5.34. The van der Waals surface area contributed by atoms with Gasteiger partial charge in [0.1, 0.15) is 15.5 Å². The number of aromatic amines is 1. The van der Waals surface area contributed by atoms with Crippen LogP contribution >= 0.6 is 11.3 Å². The summed E-state index contributed by atoms with van der Waals surface area (Å²) >= 11 is 1.11. The molecule has 146 valence electrons. The summed E-state index contributed by atoms with van der Waals surface area (Å²) in [5.74, 6) is 0.105. The highest BCUT2D eigenvalue weighted by molar-refractivity contribution is 7.20. The van der Waals surface area contributed by atoms with Gasteiger partial charge in [-0.25, -0.2) is 9.78 Å². The van der Waals surface area contributed by atoms with E-state index in [2.05, 4.69) is 15.3 Å². The molecule has 2 aromatic heterocycles. The molecule has 0 radical (unpaired) electrons. The molecular formula is C19H25N3O4S. The standard InChI is InChI=1S/C19H25N3O4S/c1-10-14-17(24)21-12(3)22-18(14)27-15(10)19(25)26-11(2)16(23)20-9-13-7-5-4-6-8-13/h11,13H,4-9H2,1-3H3,(H,20,23)(H,21,22,24). The molecule has 0 spiro atoms. The second-order valence-electron chi connectivity index (χ2n) is 7.18. The van der Waals surface area contributed by atoms with Gasteiger partial charge in [-0.05, 0) is 45.1 Å². The van der Waals surface area contributed by atoms with Crippen molar-refractivity contribution in [2.75, 3.05) is 6.54 Å². The zero-order valence-electron chi connectivity index (χ0n) is 15.9.